The minimum atomic E-state index is -0.924. The summed E-state index contributed by atoms with van der Waals surface area (Å²) in [6.45, 7) is 2.14. The summed E-state index contributed by atoms with van der Waals surface area (Å²) in [5, 5.41) is 11.9. The Morgan fingerprint density at radius 3 is 2.69 bits per heavy atom. The maximum atomic E-state index is 13.6. The molecule has 1 unspecified atom stereocenters. The van der Waals surface area contributed by atoms with Gasteiger partial charge in [0.25, 0.3) is 0 Å². The van der Waals surface area contributed by atoms with Crippen molar-refractivity contribution in [2.45, 2.75) is 13.3 Å². The molecule has 1 aromatic carbocycles. The number of pyridine rings is 1. The topological polar surface area (TPSA) is 91.8 Å². The van der Waals surface area contributed by atoms with Gasteiger partial charge in [0.15, 0.2) is 11.6 Å². The summed E-state index contributed by atoms with van der Waals surface area (Å²) in [6.07, 6.45) is 1.80. The van der Waals surface area contributed by atoms with Gasteiger partial charge in [0.1, 0.15) is 0 Å². The van der Waals surface area contributed by atoms with E-state index in [9.17, 15) is 19.1 Å². The lowest BCUT2D eigenvalue weighted by atomic mass is 9.90. The van der Waals surface area contributed by atoms with Crippen molar-refractivity contribution in [3.63, 3.8) is 0 Å². The van der Waals surface area contributed by atoms with E-state index in [1.165, 1.54) is 29.3 Å². The summed E-state index contributed by atoms with van der Waals surface area (Å²) in [5.74, 6) is -1.17. The van der Waals surface area contributed by atoms with E-state index in [1.54, 1.807) is 25.1 Å². The van der Waals surface area contributed by atoms with Crippen LogP contribution in [0.5, 0.6) is 11.6 Å². The highest BCUT2D eigenvalue weighted by Gasteiger charge is 2.42. The van der Waals surface area contributed by atoms with Crippen molar-refractivity contribution in [3.8, 4) is 11.6 Å². The number of aromatic nitrogens is 1. The molecule has 0 bridgehead atoms. The fraction of sp³-hybridized carbons (Fsp3) is 0.278. The number of halogens is 1. The number of rotatable bonds is 4. The quantitative estimate of drug-likeness (QED) is 0.873. The van der Waals surface area contributed by atoms with E-state index in [0.29, 0.717) is 18.7 Å². The van der Waals surface area contributed by atoms with Crippen LogP contribution in [-0.2, 0) is 4.79 Å². The molecule has 0 saturated carbocycles. The van der Waals surface area contributed by atoms with Gasteiger partial charge >= 0.3 is 12.0 Å². The second-order valence-corrected chi connectivity index (χ2v) is 6.39. The third-order valence-corrected chi connectivity index (χ3v) is 4.32. The number of hydrogen-bond acceptors (Lipinski definition) is 4. The van der Waals surface area contributed by atoms with Crippen molar-refractivity contribution < 1.29 is 23.8 Å². The maximum absolute atomic E-state index is 13.6. The Bertz CT molecular complexity index is 827. The summed E-state index contributed by atoms with van der Waals surface area (Å²) in [5.41, 5.74) is -0.493. The highest BCUT2D eigenvalue weighted by atomic mass is 19.1. The summed E-state index contributed by atoms with van der Waals surface area (Å²) in [6, 6.07) is 8.67. The Hall–Kier alpha value is -3.16. The molecule has 1 saturated heterocycles. The summed E-state index contributed by atoms with van der Waals surface area (Å²) in [7, 11) is 0. The lowest BCUT2D eigenvalue weighted by molar-refractivity contribution is -0.146. The number of anilines is 1. The van der Waals surface area contributed by atoms with E-state index in [0.717, 1.165) is 0 Å². The second-order valence-electron chi connectivity index (χ2n) is 6.39. The van der Waals surface area contributed by atoms with Crippen LogP contribution in [0, 0.1) is 11.2 Å². The molecule has 7 nitrogen and oxygen atoms in total. The summed E-state index contributed by atoms with van der Waals surface area (Å²) < 4.78 is 18.9. The van der Waals surface area contributed by atoms with Gasteiger partial charge in [0.05, 0.1) is 17.3 Å². The van der Waals surface area contributed by atoms with Gasteiger partial charge in [-0.05, 0) is 31.5 Å². The molecular weight excluding hydrogens is 341 g/mol. The van der Waals surface area contributed by atoms with Crippen LogP contribution in [0.4, 0.5) is 14.9 Å². The average Bonchev–Trinajstić information content (AvgIpc) is 3.03. The van der Waals surface area contributed by atoms with E-state index < -0.39 is 17.2 Å². The number of nitrogens with zero attached hydrogens (tertiary/aromatic N) is 2. The molecule has 1 aromatic heterocycles. The standard InChI is InChI=1S/C18H18FN3O4/c1-18(16(23)24)8-9-22(11-18)17(25)21-12-6-7-15(20-10-12)26-14-5-3-2-4-13(14)19/h2-7,10H,8-9,11H2,1H3,(H,21,25)(H,23,24). The first-order chi connectivity index (χ1) is 12.4. The number of carbonyl (C=O) groups is 2. The van der Waals surface area contributed by atoms with Crippen LogP contribution < -0.4 is 10.1 Å². The number of aliphatic carboxylic acids is 1. The number of amides is 2. The van der Waals surface area contributed by atoms with Crippen molar-refractivity contribution in [2.24, 2.45) is 5.41 Å². The SMILES string of the molecule is CC1(C(=O)O)CCN(C(=O)Nc2ccc(Oc3ccccc3F)nc2)C1. The number of carboxylic acid groups (broad SMARTS) is 1. The lowest BCUT2D eigenvalue weighted by Crippen LogP contribution is -2.37. The molecule has 2 N–H and O–H groups in total. The van der Waals surface area contributed by atoms with Crippen LogP contribution in [0.2, 0.25) is 0 Å². The zero-order valence-corrected chi connectivity index (χ0v) is 14.1. The third kappa shape index (κ3) is 3.74. The van der Waals surface area contributed by atoms with Gasteiger partial charge in [-0.1, -0.05) is 12.1 Å². The van der Waals surface area contributed by atoms with Crippen molar-refractivity contribution >= 4 is 17.7 Å². The van der Waals surface area contributed by atoms with Gasteiger partial charge in [0, 0.05) is 19.2 Å². The molecule has 1 fully saturated rings. The monoisotopic (exact) mass is 359 g/mol. The minimum Gasteiger partial charge on any atom is -0.481 e. The number of urea groups is 1. The zero-order valence-electron chi connectivity index (χ0n) is 14.1. The third-order valence-electron chi connectivity index (χ3n) is 4.32. The molecule has 26 heavy (non-hydrogen) atoms. The average molecular weight is 359 g/mol. The van der Waals surface area contributed by atoms with E-state index in [1.807, 2.05) is 0 Å². The summed E-state index contributed by atoms with van der Waals surface area (Å²) >= 11 is 0. The predicted molar refractivity (Wildman–Crippen MR) is 91.7 cm³/mol. The van der Waals surface area contributed by atoms with E-state index in [2.05, 4.69) is 10.3 Å². The molecule has 1 aliphatic rings. The molecule has 0 spiro atoms. The first-order valence-corrected chi connectivity index (χ1v) is 8.05. The molecule has 1 aliphatic heterocycles. The summed E-state index contributed by atoms with van der Waals surface area (Å²) in [4.78, 5) is 29.0. The lowest BCUT2D eigenvalue weighted by Gasteiger charge is -2.20. The number of nitrogens with one attached hydrogen (secondary N) is 1. The minimum absolute atomic E-state index is 0.0572. The van der Waals surface area contributed by atoms with Crippen LogP contribution in [0.1, 0.15) is 13.3 Å². The van der Waals surface area contributed by atoms with Crippen LogP contribution in [0.25, 0.3) is 0 Å². The predicted octanol–water partition coefficient (Wildman–Crippen LogP) is 3.34. The molecule has 2 aromatic rings. The number of carbonyl (C=O) groups excluding carboxylic acids is 1. The van der Waals surface area contributed by atoms with Gasteiger partial charge < -0.3 is 20.1 Å². The van der Waals surface area contributed by atoms with Crippen LogP contribution in [0.3, 0.4) is 0 Å². The van der Waals surface area contributed by atoms with E-state index in [-0.39, 0.29) is 24.2 Å². The first kappa shape index (κ1) is 17.7. The van der Waals surface area contributed by atoms with Crippen LogP contribution in [0.15, 0.2) is 42.6 Å². The largest absolute Gasteiger partial charge is 0.481 e. The molecule has 0 radical (unpaired) electrons. The maximum Gasteiger partial charge on any atom is 0.321 e. The van der Waals surface area contributed by atoms with Crippen molar-refractivity contribution in [3.05, 3.63) is 48.4 Å². The van der Waals surface area contributed by atoms with Gasteiger partial charge in [-0.25, -0.2) is 14.2 Å². The number of hydrogen-bond donors (Lipinski definition) is 2. The molecule has 2 heterocycles. The van der Waals surface area contributed by atoms with Crippen LogP contribution >= 0.6 is 0 Å². The highest BCUT2D eigenvalue weighted by molar-refractivity contribution is 5.90. The molecule has 3 rings (SSSR count). The number of carboxylic acids is 1. The molecule has 0 aliphatic carbocycles. The van der Waals surface area contributed by atoms with Crippen molar-refractivity contribution in [2.75, 3.05) is 18.4 Å². The fourth-order valence-electron chi connectivity index (χ4n) is 2.67. The van der Waals surface area contributed by atoms with Gasteiger partial charge in [-0.15, -0.1) is 0 Å². The van der Waals surface area contributed by atoms with Crippen molar-refractivity contribution in [1.29, 1.82) is 0 Å². The van der Waals surface area contributed by atoms with Gasteiger partial charge in [-0.2, -0.15) is 0 Å². The van der Waals surface area contributed by atoms with Crippen LogP contribution in [-0.4, -0.2) is 40.1 Å². The Labute approximate surface area is 149 Å². The molecule has 136 valence electrons. The smallest absolute Gasteiger partial charge is 0.321 e. The Balaban J connectivity index is 1.60. The Morgan fingerprint density at radius 1 is 1.31 bits per heavy atom. The number of benzene rings is 1. The number of likely N-dealkylation sites (tertiary alicyclic amines) is 1. The Morgan fingerprint density at radius 2 is 2.08 bits per heavy atom. The first-order valence-electron chi connectivity index (χ1n) is 8.05. The molecule has 8 heteroatoms. The number of para-hydroxylation sites is 1. The molecular formula is C18H18FN3O4. The zero-order chi connectivity index (χ0) is 18.7. The van der Waals surface area contributed by atoms with E-state index in [4.69, 9.17) is 4.74 Å². The fourth-order valence-corrected chi connectivity index (χ4v) is 2.67. The van der Waals surface area contributed by atoms with Crippen molar-refractivity contribution in [1.82, 2.24) is 9.88 Å². The van der Waals surface area contributed by atoms with Gasteiger partial charge in [0.2, 0.25) is 5.88 Å². The molecule has 1 atom stereocenters. The number of ether oxygens (including phenoxy) is 1. The molecule has 2 amide bonds. The Kier molecular flexibility index (Phi) is 4.75. The second kappa shape index (κ2) is 6.99. The van der Waals surface area contributed by atoms with E-state index >= 15 is 0 Å². The van der Waals surface area contributed by atoms with Gasteiger partial charge in [-0.3, -0.25) is 4.79 Å². The highest BCUT2D eigenvalue weighted by Crippen LogP contribution is 2.30. The normalized spacial score (nSPS) is 19.2.